The summed E-state index contributed by atoms with van der Waals surface area (Å²) < 4.78 is 0. The van der Waals surface area contributed by atoms with Crippen molar-refractivity contribution in [2.45, 2.75) is 0 Å². The van der Waals surface area contributed by atoms with E-state index in [1.165, 1.54) is 23.1 Å². The van der Waals surface area contributed by atoms with E-state index in [2.05, 4.69) is 0 Å². The van der Waals surface area contributed by atoms with Crippen LogP contribution in [-0.2, 0) is 0 Å². The Morgan fingerprint density at radius 3 is 2.44 bits per heavy atom. The molecule has 0 spiro atoms. The molecule has 0 saturated heterocycles. The molecule has 0 aromatic heterocycles. The molecule has 2 amide bonds. The van der Waals surface area contributed by atoms with Crippen LogP contribution in [0.5, 0.6) is 0 Å². The van der Waals surface area contributed by atoms with Crippen molar-refractivity contribution in [2.24, 2.45) is 5.73 Å². The van der Waals surface area contributed by atoms with Gasteiger partial charge in [-0.2, -0.15) is 5.26 Å². The van der Waals surface area contributed by atoms with Crippen LogP contribution >= 0.6 is 0 Å². The van der Waals surface area contributed by atoms with E-state index in [0.717, 1.165) is 0 Å². The van der Waals surface area contributed by atoms with E-state index in [1.807, 2.05) is 6.07 Å². The molecule has 0 heterocycles. The van der Waals surface area contributed by atoms with Gasteiger partial charge >= 0.3 is 0 Å². The highest BCUT2D eigenvalue weighted by atomic mass is 16.2. The fourth-order valence-corrected chi connectivity index (χ4v) is 1.21. The summed E-state index contributed by atoms with van der Waals surface area (Å²) in [5.41, 5.74) is 5.73. The first-order valence-corrected chi connectivity index (χ1v) is 4.53. The Balaban J connectivity index is 3.34. The van der Waals surface area contributed by atoms with Crippen molar-refractivity contribution in [1.29, 1.82) is 5.26 Å². The van der Waals surface area contributed by atoms with Crippen LogP contribution in [0.4, 0.5) is 0 Å². The van der Waals surface area contributed by atoms with Gasteiger partial charge in [-0.25, -0.2) is 0 Å². The number of amides is 2. The minimum absolute atomic E-state index is 0.184. The second-order valence-electron chi connectivity index (χ2n) is 3.44. The quantitative estimate of drug-likeness (QED) is 0.775. The third-order valence-corrected chi connectivity index (χ3v) is 2.06. The predicted octanol–water partition coefficient (Wildman–Crippen LogP) is 0.359. The lowest BCUT2D eigenvalue weighted by atomic mass is 10.0. The fraction of sp³-hybridized carbons (Fsp3) is 0.182. The second kappa shape index (κ2) is 4.45. The Hall–Kier alpha value is -2.35. The molecule has 0 aliphatic carbocycles. The third-order valence-electron chi connectivity index (χ3n) is 2.06. The molecule has 0 aliphatic rings. The number of rotatable bonds is 2. The molecular weight excluding hydrogens is 206 g/mol. The van der Waals surface area contributed by atoms with E-state index in [4.69, 9.17) is 11.0 Å². The number of hydrogen-bond donors (Lipinski definition) is 1. The number of nitriles is 1. The number of primary amides is 1. The largest absolute Gasteiger partial charge is 0.366 e. The predicted molar refractivity (Wildman–Crippen MR) is 57.7 cm³/mol. The summed E-state index contributed by atoms with van der Waals surface area (Å²) in [6.07, 6.45) is 0. The van der Waals surface area contributed by atoms with E-state index in [9.17, 15) is 9.59 Å². The Bertz CT molecular complexity index is 486. The maximum atomic E-state index is 11.7. The normalized spacial score (nSPS) is 9.31. The van der Waals surface area contributed by atoms with Crippen LogP contribution in [0.15, 0.2) is 18.2 Å². The summed E-state index contributed by atoms with van der Waals surface area (Å²) >= 11 is 0. The van der Waals surface area contributed by atoms with Crippen LogP contribution < -0.4 is 5.73 Å². The van der Waals surface area contributed by atoms with E-state index < -0.39 is 5.91 Å². The molecule has 16 heavy (non-hydrogen) atoms. The monoisotopic (exact) mass is 217 g/mol. The molecule has 0 saturated carbocycles. The molecule has 0 fully saturated rings. The summed E-state index contributed by atoms with van der Waals surface area (Å²) in [5.74, 6) is -0.961. The third kappa shape index (κ3) is 2.17. The van der Waals surface area contributed by atoms with Gasteiger partial charge in [-0.3, -0.25) is 9.59 Å². The number of carbonyl (C=O) groups is 2. The van der Waals surface area contributed by atoms with Gasteiger partial charge in [0.15, 0.2) is 0 Å². The number of nitrogens with zero attached hydrogens (tertiary/aromatic N) is 2. The lowest BCUT2D eigenvalue weighted by Gasteiger charge is -2.11. The zero-order valence-corrected chi connectivity index (χ0v) is 9.02. The van der Waals surface area contributed by atoms with E-state index in [0.29, 0.717) is 0 Å². The lowest BCUT2D eigenvalue weighted by molar-refractivity contribution is 0.0827. The van der Waals surface area contributed by atoms with Crippen LogP contribution in [0, 0.1) is 11.3 Å². The molecule has 1 aromatic carbocycles. The number of benzene rings is 1. The van der Waals surface area contributed by atoms with Crippen molar-refractivity contribution in [3.8, 4) is 6.07 Å². The maximum Gasteiger partial charge on any atom is 0.254 e. The van der Waals surface area contributed by atoms with Crippen molar-refractivity contribution in [1.82, 2.24) is 4.90 Å². The summed E-state index contributed by atoms with van der Waals surface area (Å²) in [6.45, 7) is 0. The van der Waals surface area contributed by atoms with Crippen LogP contribution in [0.25, 0.3) is 0 Å². The highest BCUT2D eigenvalue weighted by molar-refractivity contribution is 6.00. The van der Waals surface area contributed by atoms with Crippen LogP contribution in [0.3, 0.4) is 0 Å². The van der Waals surface area contributed by atoms with Gasteiger partial charge in [0.05, 0.1) is 17.2 Å². The molecule has 5 heteroatoms. The molecule has 5 nitrogen and oxygen atoms in total. The standard InChI is InChI=1S/C11H11N3O2/c1-14(2)11(16)9-5-7(10(13)15)3-4-8(9)6-12/h3-5H,1-2H3,(H2,13,15). The second-order valence-corrected chi connectivity index (χ2v) is 3.44. The minimum Gasteiger partial charge on any atom is -0.366 e. The fourth-order valence-electron chi connectivity index (χ4n) is 1.21. The molecule has 0 atom stereocenters. The summed E-state index contributed by atoms with van der Waals surface area (Å²) in [5, 5.41) is 8.84. The van der Waals surface area contributed by atoms with Crippen LogP contribution in [0.1, 0.15) is 26.3 Å². The molecule has 2 N–H and O–H groups in total. The van der Waals surface area contributed by atoms with Gasteiger partial charge in [0.2, 0.25) is 5.91 Å². The number of nitrogens with two attached hydrogens (primary N) is 1. The first-order valence-electron chi connectivity index (χ1n) is 4.53. The molecule has 82 valence electrons. The number of carbonyl (C=O) groups excluding carboxylic acids is 2. The molecule has 0 unspecified atom stereocenters. The van der Waals surface area contributed by atoms with Crippen molar-refractivity contribution in [3.05, 3.63) is 34.9 Å². The zero-order valence-electron chi connectivity index (χ0n) is 9.02. The summed E-state index contributed by atoms with van der Waals surface area (Å²) in [4.78, 5) is 24.0. The van der Waals surface area contributed by atoms with Crippen molar-refractivity contribution >= 4 is 11.8 Å². The Labute approximate surface area is 93.1 Å². The van der Waals surface area contributed by atoms with Crippen molar-refractivity contribution in [3.63, 3.8) is 0 Å². The van der Waals surface area contributed by atoms with Gasteiger partial charge in [0.1, 0.15) is 0 Å². The topological polar surface area (TPSA) is 87.2 Å². The highest BCUT2D eigenvalue weighted by Crippen LogP contribution is 2.12. The molecule has 0 bridgehead atoms. The van der Waals surface area contributed by atoms with E-state index in [-0.39, 0.29) is 22.6 Å². The molecule has 1 aromatic rings. The smallest absolute Gasteiger partial charge is 0.254 e. The van der Waals surface area contributed by atoms with Gasteiger partial charge in [-0.05, 0) is 18.2 Å². The van der Waals surface area contributed by atoms with Gasteiger partial charge in [-0.1, -0.05) is 0 Å². The van der Waals surface area contributed by atoms with Gasteiger partial charge in [-0.15, -0.1) is 0 Å². The average Bonchev–Trinajstić information content (AvgIpc) is 2.26. The summed E-state index contributed by atoms with van der Waals surface area (Å²) in [7, 11) is 3.14. The molecule has 0 aliphatic heterocycles. The SMILES string of the molecule is CN(C)C(=O)c1cc(C(N)=O)ccc1C#N. The maximum absolute atomic E-state index is 11.7. The van der Waals surface area contributed by atoms with Crippen molar-refractivity contribution in [2.75, 3.05) is 14.1 Å². The average molecular weight is 217 g/mol. The van der Waals surface area contributed by atoms with Crippen LogP contribution in [0.2, 0.25) is 0 Å². The van der Waals surface area contributed by atoms with E-state index >= 15 is 0 Å². The van der Waals surface area contributed by atoms with Gasteiger partial charge < -0.3 is 10.6 Å². The first-order chi connectivity index (χ1) is 7.47. The van der Waals surface area contributed by atoms with Crippen molar-refractivity contribution < 1.29 is 9.59 Å². The van der Waals surface area contributed by atoms with Gasteiger partial charge in [0.25, 0.3) is 5.91 Å². The minimum atomic E-state index is -0.628. The van der Waals surface area contributed by atoms with E-state index in [1.54, 1.807) is 14.1 Å². The summed E-state index contributed by atoms with van der Waals surface area (Å²) in [6, 6.07) is 6.07. The molecular formula is C11H11N3O2. The molecule has 0 radical (unpaired) electrons. The lowest BCUT2D eigenvalue weighted by Crippen LogP contribution is -2.23. The zero-order chi connectivity index (χ0) is 12.3. The Kier molecular flexibility index (Phi) is 3.26. The van der Waals surface area contributed by atoms with Crippen LogP contribution in [-0.4, -0.2) is 30.8 Å². The Morgan fingerprint density at radius 1 is 1.38 bits per heavy atom. The number of hydrogen-bond acceptors (Lipinski definition) is 3. The van der Waals surface area contributed by atoms with Gasteiger partial charge in [0, 0.05) is 19.7 Å². The first kappa shape index (κ1) is 11.7. The Morgan fingerprint density at radius 2 is 2.00 bits per heavy atom. The highest BCUT2D eigenvalue weighted by Gasteiger charge is 2.15. The molecule has 1 rings (SSSR count).